The highest BCUT2D eigenvalue weighted by atomic mass is 16.3. The van der Waals surface area contributed by atoms with Crippen molar-refractivity contribution in [3.63, 3.8) is 0 Å². The van der Waals surface area contributed by atoms with E-state index in [-0.39, 0.29) is 6.61 Å². The maximum atomic E-state index is 8.82. The van der Waals surface area contributed by atoms with Crippen molar-refractivity contribution in [1.29, 1.82) is 0 Å². The van der Waals surface area contributed by atoms with Gasteiger partial charge in [-0.1, -0.05) is 0 Å². The van der Waals surface area contributed by atoms with Gasteiger partial charge in [-0.3, -0.25) is 4.90 Å². The highest BCUT2D eigenvalue weighted by Gasteiger charge is 2.14. The molecule has 3 heteroatoms. The number of piperazine rings is 1. The Kier molecular flexibility index (Phi) is 3.12. The minimum absolute atomic E-state index is 0.278. The lowest BCUT2D eigenvalue weighted by Crippen LogP contribution is -2.48. The van der Waals surface area contributed by atoms with Crippen LogP contribution in [0.5, 0.6) is 0 Å². The van der Waals surface area contributed by atoms with Gasteiger partial charge in [0.15, 0.2) is 0 Å². The van der Waals surface area contributed by atoms with E-state index in [1.807, 2.05) is 0 Å². The largest absolute Gasteiger partial charge is 0.395 e. The second-order valence-electron chi connectivity index (χ2n) is 2.82. The first-order chi connectivity index (χ1) is 4.84. The van der Waals surface area contributed by atoms with Crippen molar-refractivity contribution >= 4 is 0 Å². The third-order valence-corrected chi connectivity index (χ3v) is 2.04. The average Bonchev–Trinajstić information content (AvgIpc) is 2.05. The van der Waals surface area contributed by atoms with E-state index in [1.165, 1.54) is 0 Å². The second-order valence-corrected chi connectivity index (χ2v) is 2.82. The number of nitrogens with one attached hydrogen (secondary N) is 1. The van der Waals surface area contributed by atoms with E-state index in [2.05, 4.69) is 17.1 Å². The summed E-state index contributed by atoms with van der Waals surface area (Å²) >= 11 is 0. The summed E-state index contributed by atoms with van der Waals surface area (Å²) in [6.07, 6.45) is 0. The van der Waals surface area contributed by atoms with Crippen LogP contribution >= 0.6 is 0 Å². The van der Waals surface area contributed by atoms with E-state index in [4.69, 9.17) is 5.11 Å². The fourth-order valence-electron chi connectivity index (χ4n) is 1.24. The summed E-state index contributed by atoms with van der Waals surface area (Å²) in [7, 11) is 0. The Morgan fingerprint density at radius 2 is 2.10 bits per heavy atom. The van der Waals surface area contributed by atoms with Gasteiger partial charge in [-0.05, 0) is 6.92 Å². The van der Waals surface area contributed by atoms with Crippen molar-refractivity contribution in [2.24, 2.45) is 0 Å². The molecule has 10 heavy (non-hydrogen) atoms. The summed E-state index contributed by atoms with van der Waals surface area (Å²) in [5.41, 5.74) is 0. The normalized spacial score (nSPS) is 24.6. The number of rotatable bonds is 2. The lowest BCUT2D eigenvalue weighted by Gasteiger charge is -2.31. The quantitative estimate of drug-likeness (QED) is 0.536. The van der Waals surface area contributed by atoms with Crippen LogP contribution in [0.2, 0.25) is 0 Å². The predicted octanol–water partition coefficient (Wildman–Crippen LogP) is -0.728. The zero-order chi connectivity index (χ0) is 7.40. The number of aliphatic hydroxyl groups excluding tert-OH is 1. The first-order valence-corrected chi connectivity index (χ1v) is 3.90. The molecule has 0 amide bonds. The van der Waals surface area contributed by atoms with Crippen molar-refractivity contribution in [1.82, 2.24) is 10.2 Å². The van der Waals surface area contributed by atoms with Gasteiger partial charge in [0.05, 0.1) is 6.61 Å². The molecule has 0 radical (unpaired) electrons. The lowest BCUT2D eigenvalue weighted by molar-refractivity contribution is 0.122. The smallest absolute Gasteiger partial charge is 0.0584 e. The maximum Gasteiger partial charge on any atom is 0.0584 e. The van der Waals surface area contributed by atoms with Crippen LogP contribution in [0, 0.1) is 0 Å². The van der Waals surface area contributed by atoms with Crippen LogP contribution in [-0.2, 0) is 0 Å². The van der Waals surface area contributed by atoms with Gasteiger partial charge in [-0.2, -0.15) is 0 Å². The lowest BCUT2D eigenvalue weighted by atomic mass is 10.2. The summed E-state index contributed by atoms with van der Waals surface area (Å²) in [6, 6.07) is 0.335. The van der Waals surface area contributed by atoms with Gasteiger partial charge in [0.25, 0.3) is 0 Å². The van der Waals surface area contributed by atoms with Crippen LogP contribution < -0.4 is 5.32 Å². The van der Waals surface area contributed by atoms with Gasteiger partial charge < -0.3 is 10.4 Å². The molecule has 1 aliphatic heterocycles. The summed E-state index contributed by atoms with van der Waals surface area (Å²) in [5, 5.41) is 12.1. The molecule has 0 aromatic rings. The van der Waals surface area contributed by atoms with E-state index < -0.39 is 0 Å². The second kappa shape index (κ2) is 3.91. The minimum Gasteiger partial charge on any atom is -0.395 e. The fraction of sp³-hybridized carbons (Fsp3) is 1.00. The molecule has 0 aromatic carbocycles. The highest BCUT2D eigenvalue weighted by molar-refractivity contribution is 4.72. The van der Waals surface area contributed by atoms with E-state index in [9.17, 15) is 0 Å². The van der Waals surface area contributed by atoms with Gasteiger partial charge in [0.1, 0.15) is 0 Å². The molecule has 0 bridgehead atoms. The van der Waals surface area contributed by atoms with Crippen molar-refractivity contribution in [3.8, 4) is 0 Å². The van der Waals surface area contributed by atoms with Gasteiger partial charge in [0.2, 0.25) is 0 Å². The Morgan fingerprint density at radius 1 is 1.50 bits per heavy atom. The molecule has 0 saturated carbocycles. The van der Waals surface area contributed by atoms with E-state index in [0.29, 0.717) is 6.04 Å². The molecule has 1 atom stereocenters. The first-order valence-electron chi connectivity index (χ1n) is 3.90. The molecule has 1 saturated heterocycles. The molecule has 3 nitrogen and oxygen atoms in total. The summed E-state index contributed by atoms with van der Waals surface area (Å²) in [5.74, 6) is 0. The molecule has 60 valence electrons. The standard InChI is InChI=1S/C7H16N2O/c1-7(6-10)9-4-2-8-3-5-9/h7-8,10H,2-6H2,1H3/t7-/m1/s1. The summed E-state index contributed by atoms with van der Waals surface area (Å²) < 4.78 is 0. The third-order valence-electron chi connectivity index (χ3n) is 2.04. The Balaban J connectivity index is 2.24. The zero-order valence-corrected chi connectivity index (χ0v) is 6.51. The number of aliphatic hydroxyl groups is 1. The molecule has 1 rings (SSSR count). The van der Waals surface area contributed by atoms with Crippen LogP contribution in [0.3, 0.4) is 0 Å². The van der Waals surface area contributed by atoms with Crippen molar-refractivity contribution in [3.05, 3.63) is 0 Å². The Bertz CT molecular complexity index is 91.6. The molecule has 0 aliphatic carbocycles. The van der Waals surface area contributed by atoms with Crippen molar-refractivity contribution in [2.75, 3.05) is 32.8 Å². The van der Waals surface area contributed by atoms with Crippen molar-refractivity contribution < 1.29 is 5.11 Å². The van der Waals surface area contributed by atoms with Crippen molar-refractivity contribution in [2.45, 2.75) is 13.0 Å². The molecule has 1 aliphatic rings. The number of hydrogen-bond donors (Lipinski definition) is 2. The molecule has 0 spiro atoms. The Labute approximate surface area is 62.0 Å². The van der Waals surface area contributed by atoms with Crippen LogP contribution in [0.4, 0.5) is 0 Å². The molecule has 1 fully saturated rings. The van der Waals surface area contributed by atoms with E-state index in [0.717, 1.165) is 26.2 Å². The monoisotopic (exact) mass is 144 g/mol. The average molecular weight is 144 g/mol. The highest BCUT2D eigenvalue weighted by Crippen LogP contribution is 1.98. The van der Waals surface area contributed by atoms with E-state index >= 15 is 0 Å². The molecular formula is C7H16N2O. The third kappa shape index (κ3) is 1.94. The molecule has 2 N–H and O–H groups in total. The molecule has 1 heterocycles. The number of hydrogen-bond acceptors (Lipinski definition) is 3. The Hall–Kier alpha value is -0.120. The molecule has 0 unspecified atom stereocenters. The van der Waals surface area contributed by atoms with Gasteiger partial charge in [-0.15, -0.1) is 0 Å². The number of nitrogens with zero attached hydrogens (tertiary/aromatic N) is 1. The zero-order valence-electron chi connectivity index (χ0n) is 6.51. The fourth-order valence-corrected chi connectivity index (χ4v) is 1.24. The summed E-state index contributed by atoms with van der Waals surface area (Å²) in [6.45, 7) is 6.60. The SMILES string of the molecule is C[C@H](CO)N1CCNCC1. The first kappa shape index (κ1) is 7.98. The van der Waals surface area contributed by atoms with Crippen LogP contribution in [0.1, 0.15) is 6.92 Å². The van der Waals surface area contributed by atoms with Crippen LogP contribution in [-0.4, -0.2) is 48.8 Å². The Morgan fingerprint density at radius 3 is 2.60 bits per heavy atom. The van der Waals surface area contributed by atoms with Gasteiger partial charge >= 0.3 is 0 Å². The van der Waals surface area contributed by atoms with Gasteiger partial charge in [0, 0.05) is 32.2 Å². The summed E-state index contributed by atoms with van der Waals surface area (Å²) in [4.78, 5) is 2.30. The van der Waals surface area contributed by atoms with Gasteiger partial charge in [-0.25, -0.2) is 0 Å². The predicted molar refractivity (Wildman–Crippen MR) is 41.0 cm³/mol. The minimum atomic E-state index is 0.278. The maximum absolute atomic E-state index is 8.82. The molecular weight excluding hydrogens is 128 g/mol. The topological polar surface area (TPSA) is 35.5 Å². The van der Waals surface area contributed by atoms with E-state index in [1.54, 1.807) is 0 Å². The van der Waals surface area contributed by atoms with Crippen LogP contribution in [0.25, 0.3) is 0 Å². The molecule has 0 aromatic heterocycles. The van der Waals surface area contributed by atoms with Crippen LogP contribution in [0.15, 0.2) is 0 Å².